The molecule has 0 aliphatic carbocycles. The molecule has 2 aromatic heterocycles. The quantitative estimate of drug-likeness (QED) is 0.887. The fourth-order valence-corrected chi connectivity index (χ4v) is 3.59. The summed E-state index contributed by atoms with van der Waals surface area (Å²) in [6.07, 6.45) is 4.21. The van der Waals surface area contributed by atoms with E-state index >= 15 is 0 Å². The fraction of sp³-hybridized carbons (Fsp3) is 0.529. The molecule has 0 saturated carbocycles. The first-order chi connectivity index (χ1) is 10.7. The Labute approximate surface area is 136 Å². The molecule has 3 heterocycles. The monoisotopic (exact) mass is 316 g/mol. The van der Waals surface area contributed by atoms with Gasteiger partial charge in [-0.3, -0.25) is 4.90 Å². The zero-order chi connectivity index (χ0) is 15.4. The molecule has 2 aromatic rings. The van der Waals surface area contributed by atoms with Crippen molar-refractivity contribution in [2.75, 3.05) is 25.0 Å². The minimum Gasteiger partial charge on any atom is -0.370 e. The highest BCUT2D eigenvalue weighted by Crippen LogP contribution is 2.20. The lowest BCUT2D eigenvalue weighted by Crippen LogP contribution is -2.23. The van der Waals surface area contributed by atoms with E-state index in [2.05, 4.69) is 51.5 Å². The standard InChI is InChI=1S/C17H24N4S/c1-3-17-20-15(12-22-17)11-21-7-6-14(10-21)9-19-16-5-4-13(2)8-18-16/h4-5,8,12,14H,3,6-7,9-11H2,1-2H3,(H,18,19). The minimum atomic E-state index is 0.701. The number of nitrogens with zero attached hydrogens (tertiary/aromatic N) is 3. The summed E-state index contributed by atoms with van der Waals surface area (Å²) in [4.78, 5) is 11.6. The van der Waals surface area contributed by atoms with Crippen molar-refractivity contribution in [2.45, 2.75) is 33.2 Å². The predicted molar refractivity (Wildman–Crippen MR) is 92.3 cm³/mol. The maximum atomic E-state index is 4.67. The van der Waals surface area contributed by atoms with Gasteiger partial charge in [-0.05, 0) is 43.9 Å². The highest BCUT2D eigenvalue weighted by atomic mass is 32.1. The van der Waals surface area contributed by atoms with Crippen LogP contribution in [0.2, 0.25) is 0 Å². The Morgan fingerprint density at radius 2 is 2.32 bits per heavy atom. The van der Waals surface area contributed by atoms with E-state index in [0.29, 0.717) is 5.92 Å². The lowest BCUT2D eigenvalue weighted by molar-refractivity contribution is 0.315. The molecule has 0 amide bonds. The second-order valence-electron chi connectivity index (χ2n) is 6.08. The van der Waals surface area contributed by atoms with Gasteiger partial charge in [-0.15, -0.1) is 11.3 Å². The number of hydrogen-bond donors (Lipinski definition) is 1. The molecule has 22 heavy (non-hydrogen) atoms. The summed E-state index contributed by atoms with van der Waals surface area (Å²) in [7, 11) is 0. The van der Waals surface area contributed by atoms with Gasteiger partial charge in [-0.25, -0.2) is 9.97 Å². The number of aryl methyl sites for hydroxylation is 2. The summed E-state index contributed by atoms with van der Waals surface area (Å²) in [5.41, 5.74) is 2.43. The van der Waals surface area contributed by atoms with E-state index in [0.717, 1.165) is 31.9 Å². The molecule has 1 atom stereocenters. The Kier molecular flexibility index (Phi) is 5.05. The Hall–Kier alpha value is -1.46. The van der Waals surface area contributed by atoms with E-state index in [9.17, 15) is 0 Å². The molecule has 0 radical (unpaired) electrons. The topological polar surface area (TPSA) is 41.1 Å². The van der Waals surface area contributed by atoms with Crippen LogP contribution in [0, 0.1) is 12.8 Å². The van der Waals surface area contributed by atoms with Crippen LogP contribution in [-0.4, -0.2) is 34.5 Å². The SMILES string of the molecule is CCc1nc(CN2CCC(CNc3ccc(C)cn3)C2)cs1. The van der Waals surface area contributed by atoms with Crippen LogP contribution < -0.4 is 5.32 Å². The lowest BCUT2D eigenvalue weighted by atomic mass is 10.1. The zero-order valence-corrected chi connectivity index (χ0v) is 14.2. The van der Waals surface area contributed by atoms with Crippen LogP contribution in [-0.2, 0) is 13.0 Å². The molecule has 1 fully saturated rings. The number of pyridine rings is 1. The van der Waals surface area contributed by atoms with Crippen molar-refractivity contribution in [3.63, 3.8) is 0 Å². The molecule has 0 spiro atoms. The summed E-state index contributed by atoms with van der Waals surface area (Å²) >= 11 is 1.78. The molecular weight excluding hydrogens is 292 g/mol. The third-order valence-corrected chi connectivity index (χ3v) is 5.18. The van der Waals surface area contributed by atoms with Crippen molar-refractivity contribution in [3.05, 3.63) is 40.0 Å². The van der Waals surface area contributed by atoms with Crippen molar-refractivity contribution in [2.24, 2.45) is 5.92 Å². The van der Waals surface area contributed by atoms with Crippen LogP contribution in [0.4, 0.5) is 5.82 Å². The van der Waals surface area contributed by atoms with Gasteiger partial charge in [-0.1, -0.05) is 13.0 Å². The van der Waals surface area contributed by atoms with E-state index in [1.54, 1.807) is 11.3 Å². The van der Waals surface area contributed by atoms with Crippen LogP contribution in [0.15, 0.2) is 23.7 Å². The molecule has 1 aliphatic rings. The highest BCUT2D eigenvalue weighted by Gasteiger charge is 2.22. The number of anilines is 1. The normalized spacial score (nSPS) is 18.7. The molecule has 4 nitrogen and oxygen atoms in total. The highest BCUT2D eigenvalue weighted by molar-refractivity contribution is 7.09. The van der Waals surface area contributed by atoms with Crippen molar-refractivity contribution in [1.82, 2.24) is 14.9 Å². The molecule has 0 bridgehead atoms. The van der Waals surface area contributed by atoms with Crippen LogP contribution in [0.25, 0.3) is 0 Å². The van der Waals surface area contributed by atoms with Gasteiger partial charge < -0.3 is 5.32 Å². The second-order valence-corrected chi connectivity index (χ2v) is 7.02. The fourth-order valence-electron chi connectivity index (χ4n) is 2.86. The van der Waals surface area contributed by atoms with Crippen LogP contribution in [0.3, 0.4) is 0 Å². The van der Waals surface area contributed by atoms with Gasteiger partial charge in [0.2, 0.25) is 0 Å². The van der Waals surface area contributed by atoms with Gasteiger partial charge in [0.15, 0.2) is 0 Å². The van der Waals surface area contributed by atoms with Gasteiger partial charge >= 0.3 is 0 Å². The molecule has 1 N–H and O–H groups in total. The number of nitrogens with one attached hydrogen (secondary N) is 1. The molecule has 1 unspecified atom stereocenters. The largest absolute Gasteiger partial charge is 0.370 e. The Bertz CT molecular complexity index is 593. The van der Waals surface area contributed by atoms with Gasteiger partial charge in [-0.2, -0.15) is 0 Å². The molecule has 5 heteroatoms. The zero-order valence-electron chi connectivity index (χ0n) is 13.4. The van der Waals surface area contributed by atoms with Gasteiger partial charge in [0.05, 0.1) is 10.7 Å². The molecule has 0 aromatic carbocycles. The smallest absolute Gasteiger partial charge is 0.125 e. The van der Waals surface area contributed by atoms with E-state index in [4.69, 9.17) is 0 Å². The number of aromatic nitrogens is 2. The van der Waals surface area contributed by atoms with Crippen LogP contribution in [0.5, 0.6) is 0 Å². The lowest BCUT2D eigenvalue weighted by Gasteiger charge is -2.15. The molecule has 118 valence electrons. The van der Waals surface area contributed by atoms with Crippen molar-refractivity contribution in [1.29, 1.82) is 0 Å². The summed E-state index contributed by atoms with van der Waals surface area (Å²) in [6.45, 7) is 8.55. The van der Waals surface area contributed by atoms with Gasteiger partial charge in [0.25, 0.3) is 0 Å². The van der Waals surface area contributed by atoms with Gasteiger partial charge in [0.1, 0.15) is 5.82 Å². The minimum absolute atomic E-state index is 0.701. The second kappa shape index (κ2) is 7.20. The van der Waals surface area contributed by atoms with Gasteiger partial charge in [0, 0.05) is 31.2 Å². The number of rotatable bonds is 6. The predicted octanol–water partition coefficient (Wildman–Crippen LogP) is 3.34. The first-order valence-corrected chi connectivity index (χ1v) is 8.93. The summed E-state index contributed by atoms with van der Waals surface area (Å²) in [6, 6.07) is 4.16. The summed E-state index contributed by atoms with van der Waals surface area (Å²) in [5, 5.41) is 6.92. The van der Waals surface area contributed by atoms with Crippen molar-refractivity contribution in [3.8, 4) is 0 Å². The third-order valence-electron chi connectivity index (χ3n) is 4.14. The number of hydrogen-bond acceptors (Lipinski definition) is 5. The van der Waals surface area contributed by atoms with E-state index < -0.39 is 0 Å². The average Bonchev–Trinajstić information content (AvgIpc) is 3.16. The Morgan fingerprint density at radius 3 is 3.05 bits per heavy atom. The first kappa shape index (κ1) is 15.4. The Morgan fingerprint density at radius 1 is 1.41 bits per heavy atom. The average molecular weight is 316 g/mol. The maximum Gasteiger partial charge on any atom is 0.125 e. The summed E-state index contributed by atoms with van der Waals surface area (Å²) in [5.74, 6) is 1.68. The maximum absolute atomic E-state index is 4.67. The number of thiazole rings is 1. The molecule has 3 rings (SSSR count). The van der Waals surface area contributed by atoms with Crippen molar-refractivity contribution >= 4 is 17.2 Å². The van der Waals surface area contributed by atoms with E-state index in [1.165, 1.54) is 29.2 Å². The molecular formula is C17H24N4S. The third kappa shape index (κ3) is 4.05. The van der Waals surface area contributed by atoms with Crippen LogP contribution in [0.1, 0.15) is 29.6 Å². The van der Waals surface area contributed by atoms with E-state index in [-0.39, 0.29) is 0 Å². The molecule has 1 saturated heterocycles. The van der Waals surface area contributed by atoms with Crippen molar-refractivity contribution < 1.29 is 0 Å². The Balaban J connectivity index is 1.44. The first-order valence-electron chi connectivity index (χ1n) is 8.05. The molecule has 1 aliphatic heterocycles. The van der Waals surface area contributed by atoms with Crippen LogP contribution >= 0.6 is 11.3 Å². The number of likely N-dealkylation sites (tertiary alicyclic amines) is 1. The van der Waals surface area contributed by atoms with E-state index in [1.807, 2.05) is 6.20 Å². The summed E-state index contributed by atoms with van der Waals surface area (Å²) < 4.78 is 0.